The summed E-state index contributed by atoms with van der Waals surface area (Å²) in [6.45, 7) is 0.642. The van der Waals surface area contributed by atoms with Gasteiger partial charge in [-0.1, -0.05) is 0 Å². The molecule has 0 bridgehead atoms. The van der Waals surface area contributed by atoms with Gasteiger partial charge in [-0.3, -0.25) is 0 Å². The summed E-state index contributed by atoms with van der Waals surface area (Å²) in [5.41, 5.74) is 0.634. The summed E-state index contributed by atoms with van der Waals surface area (Å²) in [5, 5.41) is 0. The lowest BCUT2D eigenvalue weighted by Gasteiger charge is -2.03. The number of rotatable bonds is 5. The molecule has 0 aliphatic carbocycles. The summed E-state index contributed by atoms with van der Waals surface area (Å²) >= 11 is 0. The minimum Gasteiger partial charge on any atom is -0.461 e. The Morgan fingerprint density at radius 2 is 2.00 bits per heavy atom. The molecule has 5 nitrogen and oxygen atoms in total. The number of aromatic nitrogens is 1. The molecule has 0 radical (unpaired) electrons. The van der Waals surface area contributed by atoms with Crippen molar-refractivity contribution >= 4 is 5.97 Å². The van der Waals surface area contributed by atoms with Crippen LogP contribution in [0, 0.1) is 6.92 Å². The van der Waals surface area contributed by atoms with Crippen LogP contribution >= 0.6 is 0 Å². The second-order valence-corrected chi connectivity index (χ2v) is 4.05. The van der Waals surface area contributed by atoms with Gasteiger partial charge in [0, 0.05) is 5.56 Å². The monoisotopic (exact) mass is 297 g/mol. The summed E-state index contributed by atoms with van der Waals surface area (Å²) in [7, 11) is 0. The quantitative estimate of drug-likeness (QED) is 0.791. The summed E-state index contributed by atoms with van der Waals surface area (Å²) in [5.74, 6) is 0.000745. The van der Waals surface area contributed by atoms with Crippen LogP contribution in [0.1, 0.15) is 23.2 Å². The number of nitrogens with zero attached hydrogens (tertiary/aromatic N) is 1. The SMILES string of the molecule is CCOC(=O)c1nc(-c2ccc(OC(F)F)cc2)oc1C. The second kappa shape index (κ2) is 6.34. The summed E-state index contributed by atoms with van der Waals surface area (Å²) in [6, 6.07) is 5.76. The zero-order valence-corrected chi connectivity index (χ0v) is 11.4. The Morgan fingerprint density at radius 3 is 2.57 bits per heavy atom. The van der Waals surface area contributed by atoms with Crippen molar-refractivity contribution in [2.24, 2.45) is 0 Å². The average Bonchev–Trinajstić information content (AvgIpc) is 2.81. The van der Waals surface area contributed by atoms with Crippen LogP contribution in [0.15, 0.2) is 28.7 Å². The number of esters is 1. The van der Waals surface area contributed by atoms with E-state index >= 15 is 0 Å². The molecule has 21 heavy (non-hydrogen) atoms. The van der Waals surface area contributed by atoms with Crippen molar-refractivity contribution in [2.75, 3.05) is 6.61 Å². The van der Waals surface area contributed by atoms with Crippen molar-refractivity contribution in [3.63, 3.8) is 0 Å². The maximum Gasteiger partial charge on any atom is 0.387 e. The number of hydrogen-bond acceptors (Lipinski definition) is 5. The Morgan fingerprint density at radius 1 is 1.33 bits per heavy atom. The van der Waals surface area contributed by atoms with Crippen LogP contribution in [-0.4, -0.2) is 24.2 Å². The van der Waals surface area contributed by atoms with Crippen molar-refractivity contribution < 1.29 is 27.5 Å². The molecule has 0 N–H and O–H groups in total. The van der Waals surface area contributed by atoms with E-state index in [1.165, 1.54) is 24.3 Å². The standard InChI is InChI=1S/C14H13F2NO4/c1-3-19-13(18)11-8(2)20-12(17-11)9-4-6-10(7-5-9)21-14(15)16/h4-7,14H,3H2,1-2H3. The highest BCUT2D eigenvalue weighted by atomic mass is 19.3. The van der Waals surface area contributed by atoms with Gasteiger partial charge in [0.1, 0.15) is 11.5 Å². The van der Waals surface area contributed by atoms with Crippen LogP contribution < -0.4 is 4.74 Å². The number of alkyl halides is 2. The maximum absolute atomic E-state index is 12.1. The summed E-state index contributed by atoms with van der Waals surface area (Å²) in [6.07, 6.45) is 0. The summed E-state index contributed by atoms with van der Waals surface area (Å²) in [4.78, 5) is 15.7. The van der Waals surface area contributed by atoms with Crippen molar-refractivity contribution in [2.45, 2.75) is 20.5 Å². The molecular weight excluding hydrogens is 284 g/mol. The van der Waals surface area contributed by atoms with Gasteiger partial charge >= 0.3 is 12.6 Å². The smallest absolute Gasteiger partial charge is 0.387 e. The topological polar surface area (TPSA) is 61.6 Å². The molecule has 2 aromatic rings. The highest BCUT2D eigenvalue weighted by molar-refractivity contribution is 5.88. The molecule has 0 fully saturated rings. The first-order chi connectivity index (χ1) is 10.0. The van der Waals surface area contributed by atoms with Gasteiger partial charge in [0.15, 0.2) is 5.69 Å². The molecule has 1 aromatic heterocycles. The van der Waals surface area contributed by atoms with Gasteiger partial charge in [-0.25, -0.2) is 9.78 Å². The number of halogens is 2. The molecule has 1 heterocycles. The number of carbonyl (C=O) groups is 1. The fraction of sp³-hybridized carbons (Fsp3) is 0.286. The fourth-order valence-electron chi connectivity index (χ4n) is 1.69. The molecule has 0 aliphatic heterocycles. The van der Waals surface area contributed by atoms with Crippen molar-refractivity contribution in [1.29, 1.82) is 0 Å². The number of hydrogen-bond donors (Lipinski definition) is 0. The van der Waals surface area contributed by atoms with Gasteiger partial charge in [0.25, 0.3) is 0 Å². The highest BCUT2D eigenvalue weighted by Crippen LogP contribution is 2.25. The molecule has 7 heteroatoms. The normalized spacial score (nSPS) is 10.7. The lowest BCUT2D eigenvalue weighted by molar-refractivity contribution is -0.0498. The Kier molecular flexibility index (Phi) is 4.52. The van der Waals surface area contributed by atoms with E-state index in [0.29, 0.717) is 11.3 Å². The zero-order valence-electron chi connectivity index (χ0n) is 11.4. The van der Waals surface area contributed by atoms with Crippen LogP contribution in [0.25, 0.3) is 11.5 Å². The predicted octanol–water partition coefficient (Wildman–Crippen LogP) is 3.43. The molecule has 0 saturated heterocycles. The van der Waals surface area contributed by atoms with E-state index in [2.05, 4.69) is 9.72 Å². The molecule has 0 unspecified atom stereocenters. The van der Waals surface area contributed by atoms with Crippen LogP contribution in [0.5, 0.6) is 5.75 Å². The van der Waals surface area contributed by atoms with E-state index in [1.54, 1.807) is 13.8 Å². The molecule has 0 spiro atoms. The third-order valence-electron chi connectivity index (χ3n) is 2.59. The van der Waals surface area contributed by atoms with Gasteiger partial charge in [0.05, 0.1) is 6.61 Å². The van der Waals surface area contributed by atoms with Crippen molar-refractivity contribution in [3.05, 3.63) is 35.7 Å². The third-order valence-corrected chi connectivity index (χ3v) is 2.59. The Labute approximate surface area is 119 Å². The zero-order chi connectivity index (χ0) is 15.4. The molecule has 0 amide bonds. The van der Waals surface area contributed by atoms with Gasteiger partial charge < -0.3 is 13.9 Å². The molecule has 0 saturated carbocycles. The number of carbonyl (C=O) groups excluding carboxylic acids is 1. The number of aryl methyl sites for hydroxylation is 1. The van der Waals surface area contributed by atoms with Crippen LogP contribution in [0.4, 0.5) is 8.78 Å². The first-order valence-corrected chi connectivity index (χ1v) is 6.21. The molecule has 0 aliphatic rings. The largest absolute Gasteiger partial charge is 0.461 e. The first kappa shape index (κ1) is 15.0. The predicted molar refractivity (Wildman–Crippen MR) is 69.3 cm³/mol. The molecule has 2 rings (SSSR count). The Hall–Kier alpha value is -2.44. The Balaban J connectivity index is 2.22. The van der Waals surface area contributed by atoms with Gasteiger partial charge in [-0.15, -0.1) is 0 Å². The maximum atomic E-state index is 12.1. The van der Waals surface area contributed by atoms with Gasteiger partial charge in [-0.05, 0) is 38.1 Å². The van der Waals surface area contributed by atoms with E-state index in [-0.39, 0.29) is 23.9 Å². The first-order valence-electron chi connectivity index (χ1n) is 6.21. The minimum absolute atomic E-state index is 0.0302. The molecule has 0 atom stereocenters. The number of benzene rings is 1. The summed E-state index contributed by atoms with van der Waals surface area (Å²) < 4.78 is 38.6. The fourth-order valence-corrected chi connectivity index (χ4v) is 1.69. The van der Waals surface area contributed by atoms with Crippen LogP contribution in [0.3, 0.4) is 0 Å². The van der Waals surface area contributed by atoms with E-state index in [4.69, 9.17) is 9.15 Å². The molecule has 1 aromatic carbocycles. The number of oxazole rings is 1. The van der Waals surface area contributed by atoms with Gasteiger partial charge in [-0.2, -0.15) is 8.78 Å². The van der Waals surface area contributed by atoms with Gasteiger partial charge in [0.2, 0.25) is 5.89 Å². The molecule has 112 valence electrons. The lowest BCUT2D eigenvalue weighted by atomic mass is 10.2. The van der Waals surface area contributed by atoms with Crippen molar-refractivity contribution in [3.8, 4) is 17.2 Å². The van der Waals surface area contributed by atoms with E-state index in [0.717, 1.165) is 0 Å². The molecular formula is C14H13F2NO4. The van der Waals surface area contributed by atoms with E-state index < -0.39 is 12.6 Å². The number of ether oxygens (including phenoxy) is 2. The Bertz CT molecular complexity index is 622. The van der Waals surface area contributed by atoms with E-state index in [1.807, 2.05) is 0 Å². The van der Waals surface area contributed by atoms with Crippen molar-refractivity contribution in [1.82, 2.24) is 4.98 Å². The average molecular weight is 297 g/mol. The highest BCUT2D eigenvalue weighted by Gasteiger charge is 2.19. The van der Waals surface area contributed by atoms with E-state index in [9.17, 15) is 13.6 Å². The van der Waals surface area contributed by atoms with Crippen LogP contribution in [0.2, 0.25) is 0 Å². The second-order valence-electron chi connectivity index (χ2n) is 4.05. The third kappa shape index (κ3) is 3.56. The van der Waals surface area contributed by atoms with Crippen LogP contribution in [-0.2, 0) is 4.74 Å². The lowest BCUT2D eigenvalue weighted by Crippen LogP contribution is -2.06. The minimum atomic E-state index is -2.88.